The first-order valence-corrected chi connectivity index (χ1v) is 6.57. The molecule has 1 aromatic heterocycles. The zero-order valence-electron chi connectivity index (χ0n) is 11.3. The molecule has 0 aliphatic carbocycles. The standard InChI is InChI=1S/C12H20N4O3/c1-8(5-7-18-2)14-11(17)10-15-12(19-16-10)9-4-3-6-13-9/h8-9,13H,3-7H2,1-2H3,(H,14,17). The van der Waals surface area contributed by atoms with Crippen LogP contribution < -0.4 is 10.6 Å². The van der Waals surface area contributed by atoms with Crippen molar-refractivity contribution in [3.63, 3.8) is 0 Å². The molecule has 2 N–H and O–H groups in total. The molecule has 2 atom stereocenters. The molecule has 1 amide bonds. The van der Waals surface area contributed by atoms with Crippen molar-refractivity contribution in [1.82, 2.24) is 20.8 Å². The number of hydrogen-bond acceptors (Lipinski definition) is 6. The molecule has 0 aromatic carbocycles. The van der Waals surface area contributed by atoms with E-state index in [0.29, 0.717) is 12.5 Å². The second-order valence-corrected chi connectivity index (χ2v) is 4.76. The summed E-state index contributed by atoms with van der Waals surface area (Å²) in [6.45, 7) is 3.46. The van der Waals surface area contributed by atoms with Crippen LogP contribution in [-0.2, 0) is 4.74 Å². The molecule has 2 unspecified atom stereocenters. The highest BCUT2D eigenvalue weighted by Gasteiger charge is 2.24. The van der Waals surface area contributed by atoms with Crippen molar-refractivity contribution in [2.24, 2.45) is 0 Å². The maximum atomic E-state index is 11.9. The van der Waals surface area contributed by atoms with E-state index in [0.717, 1.165) is 25.8 Å². The van der Waals surface area contributed by atoms with Crippen LogP contribution in [-0.4, -0.2) is 42.4 Å². The monoisotopic (exact) mass is 268 g/mol. The average Bonchev–Trinajstić information content (AvgIpc) is 3.05. The van der Waals surface area contributed by atoms with Crippen molar-refractivity contribution in [3.8, 4) is 0 Å². The molecule has 1 aliphatic heterocycles. The number of carbonyl (C=O) groups excluding carboxylic acids is 1. The Labute approximate surface area is 112 Å². The zero-order chi connectivity index (χ0) is 13.7. The Hall–Kier alpha value is -1.47. The SMILES string of the molecule is COCCC(C)NC(=O)c1noc(C2CCCN2)n1. The van der Waals surface area contributed by atoms with Crippen LogP contribution in [0.15, 0.2) is 4.52 Å². The first kappa shape index (κ1) is 14.0. The number of carbonyl (C=O) groups is 1. The minimum atomic E-state index is -0.309. The van der Waals surface area contributed by atoms with Crippen LogP contribution in [0.4, 0.5) is 0 Å². The van der Waals surface area contributed by atoms with E-state index < -0.39 is 0 Å². The first-order chi connectivity index (χ1) is 9.20. The van der Waals surface area contributed by atoms with Crippen molar-refractivity contribution in [2.45, 2.75) is 38.3 Å². The first-order valence-electron chi connectivity index (χ1n) is 6.57. The maximum absolute atomic E-state index is 11.9. The van der Waals surface area contributed by atoms with Gasteiger partial charge in [-0.15, -0.1) is 0 Å². The highest BCUT2D eigenvalue weighted by atomic mass is 16.5. The molecule has 0 saturated carbocycles. The van der Waals surface area contributed by atoms with Crippen LogP contribution in [0.1, 0.15) is 48.7 Å². The molecule has 0 spiro atoms. The normalized spacial score (nSPS) is 20.4. The van der Waals surface area contributed by atoms with Crippen LogP contribution in [0, 0.1) is 0 Å². The third-order valence-corrected chi connectivity index (χ3v) is 3.14. The number of amides is 1. The van der Waals surface area contributed by atoms with Gasteiger partial charge in [-0.1, -0.05) is 5.16 Å². The fourth-order valence-electron chi connectivity index (χ4n) is 2.02. The van der Waals surface area contributed by atoms with Gasteiger partial charge >= 0.3 is 0 Å². The fourth-order valence-corrected chi connectivity index (χ4v) is 2.02. The van der Waals surface area contributed by atoms with E-state index in [1.807, 2.05) is 6.92 Å². The van der Waals surface area contributed by atoms with Gasteiger partial charge in [-0.25, -0.2) is 0 Å². The van der Waals surface area contributed by atoms with Crippen LogP contribution in [0.3, 0.4) is 0 Å². The highest BCUT2D eigenvalue weighted by Crippen LogP contribution is 2.20. The second kappa shape index (κ2) is 6.63. The Kier molecular flexibility index (Phi) is 4.86. The topological polar surface area (TPSA) is 89.3 Å². The van der Waals surface area contributed by atoms with Crippen molar-refractivity contribution in [3.05, 3.63) is 11.7 Å². The molecule has 1 aromatic rings. The number of hydrogen-bond donors (Lipinski definition) is 2. The molecule has 7 heteroatoms. The summed E-state index contributed by atoms with van der Waals surface area (Å²) in [5, 5.41) is 9.78. The summed E-state index contributed by atoms with van der Waals surface area (Å²) in [7, 11) is 1.63. The predicted octanol–water partition coefficient (Wildman–Crippen LogP) is 0.649. The van der Waals surface area contributed by atoms with E-state index in [4.69, 9.17) is 9.26 Å². The quantitative estimate of drug-likeness (QED) is 0.787. The summed E-state index contributed by atoms with van der Waals surface area (Å²) in [6, 6.07) is 0.0963. The van der Waals surface area contributed by atoms with Gasteiger partial charge in [-0.05, 0) is 32.7 Å². The Morgan fingerprint density at radius 1 is 1.68 bits per heavy atom. The summed E-state index contributed by atoms with van der Waals surface area (Å²) in [6.07, 6.45) is 2.80. The summed E-state index contributed by atoms with van der Waals surface area (Å²) >= 11 is 0. The Morgan fingerprint density at radius 2 is 2.53 bits per heavy atom. The van der Waals surface area contributed by atoms with Crippen LogP contribution in [0.25, 0.3) is 0 Å². The molecule has 2 rings (SSSR count). The predicted molar refractivity (Wildman–Crippen MR) is 67.7 cm³/mol. The van der Waals surface area contributed by atoms with Crippen molar-refractivity contribution in [2.75, 3.05) is 20.3 Å². The lowest BCUT2D eigenvalue weighted by atomic mass is 10.2. The second-order valence-electron chi connectivity index (χ2n) is 4.76. The number of nitrogens with one attached hydrogen (secondary N) is 2. The van der Waals surface area contributed by atoms with Gasteiger partial charge in [0, 0.05) is 19.8 Å². The Bertz CT molecular complexity index is 415. The fraction of sp³-hybridized carbons (Fsp3) is 0.750. The minimum Gasteiger partial charge on any atom is -0.385 e. The summed E-state index contributed by atoms with van der Waals surface area (Å²) in [5.41, 5.74) is 0. The lowest BCUT2D eigenvalue weighted by molar-refractivity contribution is 0.0916. The smallest absolute Gasteiger partial charge is 0.292 e. The van der Waals surface area contributed by atoms with E-state index in [1.165, 1.54) is 0 Å². The van der Waals surface area contributed by atoms with Crippen LogP contribution >= 0.6 is 0 Å². The molecule has 1 aliphatic rings. The molecule has 106 valence electrons. The van der Waals surface area contributed by atoms with Gasteiger partial charge in [0.05, 0.1) is 6.04 Å². The van der Waals surface area contributed by atoms with E-state index in [9.17, 15) is 4.79 Å². The van der Waals surface area contributed by atoms with Gasteiger partial charge in [0.1, 0.15) is 0 Å². The molecular weight excluding hydrogens is 248 g/mol. The Morgan fingerprint density at radius 3 is 3.21 bits per heavy atom. The summed E-state index contributed by atoms with van der Waals surface area (Å²) < 4.78 is 10.1. The average molecular weight is 268 g/mol. The lowest BCUT2D eigenvalue weighted by Gasteiger charge is -2.11. The minimum absolute atomic E-state index is 0.0130. The molecule has 7 nitrogen and oxygen atoms in total. The van der Waals surface area contributed by atoms with Gasteiger partial charge in [-0.3, -0.25) is 4.79 Å². The molecule has 0 bridgehead atoms. The summed E-state index contributed by atoms with van der Waals surface area (Å²) in [4.78, 5) is 16.0. The number of methoxy groups -OCH3 is 1. The van der Waals surface area contributed by atoms with Crippen molar-refractivity contribution < 1.29 is 14.1 Å². The third-order valence-electron chi connectivity index (χ3n) is 3.14. The van der Waals surface area contributed by atoms with Gasteiger partial charge in [0.25, 0.3) is 11.7 Å². The molecule has 2 heterocycles. The van der Waals surface area contributed by atoms with Crippen LogP contribution in [0.5, 0.6) is 0 Å². The molecular formula is C12H20N4O3. The van der Waals surface area contributed by atoms with Gasteiger partial charge < -0.3 is 19.9 Å². The highest BCUT2D eigenvalue weighted by molar-refractivity contribution is 5.90. The van der Waals surface area contributed by atoms with E-state index in [1.54, 1.807) is 7.11 Å². The van der Waals surface area contributed by atoms with E-state index in [2.05, 4.69) is 20.8 Å². The number of aromatic nitrogens is 2. The van der Waals surface area contributed by atoms with Gasteiger partial charge in [-0.2, -0.15) is 4.98 Å². The van der Waals surface area contributed by atoms with E-state index in [-0.39, 0.29) is 23.8 Å². The lowest BCUT2D eigenvalue weighted by Crippen LogP contribution is -2.34. The largest absolute Gasteiger partial charge is 0.385 e. The molecule has 1 fully saturated rings. The number of rotatable bonds is 6. The van der Waals surface area contributed by atoms with Gasteiger partial charge in [0.2, 0.25) is 5.89 Å². The van der Waals surface area contributed by atoms with Crippen molar-refractivity contribution in [1.29, 1.82) is 0 Å². The number of nitrogens with zero attached hydrogens (tertiary/aromatic N) is 2. The molecule has 19 heavy (non-hydrogen) atoms. The van der Waals surface area contributed by atoms with Gasteiger partial charge in [0.15, 0.2) is 0 Å². The summed E-state index contributed by atoms with van der Waals surface area (Å²) in [5.74, 6) is 0.275. The number of ether oxygens (including phenoxy) is 1. The van der Waals surface area contributed by atoms with Crippen LogP contribution in [0.2, 0.25) is 0 Å². The zero-order valence-corrected chi connectivity index (χ0v) is 11.3. The molecule has 0 radical (unpaired) electrons. The van der Waals surface area contributed by atoms with Crippen molar-refractivity contribution >= 4 is 5.91 Å². The molecule has 1 saturated heterocycles. The third kappa shape index (κ3) is 3.74. The Balaban J connectivity index is 1.88. The maximum Gasteiger partial charge on any atom is 0.292 e. The van der Waals surface area contributed by atoms with E-state index >= 15 is 0 Å².